The van der Waals surface area contributed by atoms with Crippen LogP contribution in [0.4, 0.5) is 0 Å². The molecule has 1 aromatic carbocycles. The van der Waals surface area contributed by atoms with Crippen molar-refractivity contribution in [2.75, 3.05) is 6.61 Å². The van der Waals surface area contributed by atoms with Gasteiger partial charge in [0.2, 0.25) is 5.76 Å². The highest BCUT2D eigenvalue weighted by Crippen LogP contribution is 2.26. The van der Waals surface area contributed by atoms with Gasteiger partial charge in [-0.2, -0.15) is 0 Å². The van der Waals surface area contributed by atoms with Crippen molar-refractivity contribution in [2.24, 2.45) is 0 Å². The van der Waals surface area contributed by atoms with Crippen molar-refractivity contribution in [3.63, 3.8) is 0 Å². The first kappa shape index (κ1) is 13.7. The maximum Gasteiger partial charge on any atom is 0.399 e. The molecule has 1 aromatic heterocycles. The predicted molar refractivity (Wildman–Crippen MR) is 74.4 cm³/mol. The summed E-state index contributed by atoms with van der Waals surface area (Å²) in [7, 11) is 0. The molecule has 23 heavy (non-hydrogen) atoms. The smallest absolute Gasteiger partial charge is 0.399 e. The van der Waals surface area contributed by atoms with E-state index in [0.717, 1.165) is 5.56 Å². The number of rotatable bonds is 2. The maximum atomic E-state index is 12.3. The first-order chi connectivity index (χ1) is 11.2. The number of imide groups is 1. The van der Waals surface area contributed by atoms with Crippen molar-refractivity contribution in [3.8, 4) is 0 Å². The molecule has 0 bridgehead atoms. The van der Waals surface area contributed by atoms with Crippen LogP contribution in [-0.2, 0) is 22.6 Å². The van der Waals surface area contributed by atoms with E-state index in [1.165, 1.54) is 18.4 Å². The van der Waals surface area contributed by atoms with Gasteiger partial charge in [-0.3, -0.25) is 9.59 Å². The summed E-state index contributed by atoms with van der Waals surface area (Å²) in [4.78, 5) is 41.6. The Hall–Kier alpha value is -2.93. The van der Waals surface area contributed by atoms with Crippen molar-refractivity contribution < 1.29 is 28.4 Å². The molecule has 0 fully saturated rings. The highest BCUT2D eigenvalue weighted by Gasteiger charge is 2.39. The average Bonchev–Trinajstić information content (AvgIpc) is 3.11. The van der Waals surface area contributed by atoms with Gasteiger partial charge in [-0.05, 0) is 12.1 Å². The fourth-order valence-electron chi connectivity index (χ4n) is 2.72. The molecular formula is C16H11NO6. The number of carbonyl (C=O) groups excluding carboxylic acids is 3. The Morgan fingerprint density at radius 2 is 1.83 bits per heavy atom. The standard InChI is InChI=1S/C16H11NO6/c18-14-11-3-1-2-4-12(11)15(19)17(14)23-16(20)13-10-5-6-21-7-9(10)8-22-13/h1-4,8H,5-7H2. The van der Waals surface area contributed by atoms with E-state index in [0.29, 0.717) is 30.3 Å². The summed E-state index contributed by atoms with van der Waals surface area (Å²) >= 11 is 0. The van der Waals surface area contributed by atoms with Crippen LogP contribution >= 0.6 is 0 Å². The van der Waals surface area contributed by atoms with Gasteiger partial charge >= 0.3 is 5.97 Å². The largest absolute Gasteiger partial charge is 0.457 e. The number of furan rings is 1. The molecule has 2 aromatic rings. The third kappa shape index (κ3) is 2.05. The molecule has 3 heterocycles. The number of ether oxygens (including phenoxy) is 1. The molecule has 2 aliphatic rings. The molecule has 0 spiro atoms. The number of nitrogens with zero attached hydrogens (tertiary/aromatic N) is 1. The molecule has 0 atom stereocenters. The van der Waals surface area contributed by atoms with Gasteiger partial charge in [-0.15, -0.1) is 0 Å². The van der Waals surface area contributed by atoms with Crippen LogP contribution in [0, 0.1) is 0 Å². The molecule has 0 radical (unpaired) electrons. The van der Waals surface area contributed by atoms with Crippen molar-refractivity contribution in [1.29, 1.82) is 0 Å². The molecule has 0 saturated heterocycles. The zero-order valence-electron chi connectivity index (χ0n) is 11.9. The predicted octanol–water partition coefficient (Wildman–Crippen LogP) is 1.72. The normalized spacial score (nSPS) is 16.3. The number of fused-ring (bicyclic) bond motifs is 2. The van der Waals surface area contributed by atoms with E-state index in [2.05, 4.69) is 0 Å². The highest BCUT2D eigenvalue weighted by molar-refractivity contribution is 6.21. The van der Waals surface area contributed by atoms with Crippen LogP contribution in [0.25, 0.3) is 0 Å². The fraction of sp³-hybridized carbons (Fsp3) is 0.188. The van der Waals surface area contributed by atoms with Crippen molar-refractivity contribution in [3.05, 3.63) is 58.5 Å². The first-order valence-corrected chi connectivity index (χ1v) is 7.04. The Morgan fingerprint density at radius 3 is 2.52 bits per heavy atom. The zero-order valence-corrected chi connectivity index (χ0v) is 11.9. The number of hydrogen-bond donors (Lipinski definition) is 0. The lowest BCUT2D eigenvalue weighted by Crippen LogP contribution is -2.33. The average molecular weight is 313 g/mol. The molecule has 116 valence electrons. The van der Waals surface area contributed by atoms with Gasteiger partial charge in [0.15, 0.2) is 0 Å². The number of benzene rings is 1. The van der Waals surface area contributed by atoms with Gasteiger partial charge in [-0.1, -0.05) is 17.2 Å². The minimum absolute atomic E-state index is 0.000133. The Balaban J connectivity index is 1.60. The molecule has 0 saturated carbocycles. The van der Waals surface area contributed by atoms with E-state index in [1.807, 2.05) is 0 Å². The lowest BCUT2D eigenvalue weighted by molar-refractivity contribution is -0.0604. The first-order valence-electron chi connectivity index (χ1n) is 7.04. The minimum Gasteiger partial charge on any atom is -0.457 e. The molecule has 0 aliphatic carbocycles. The Bertz CT molecular complexity index is 802. The maximum absolute atomic E-state index is 12.3. The number of carbonyl (C=O) groups is 3. The van der Waals surface area contributed by atoms with E-state index < -0.39 is 17.8 Å². The van der Waals surface area contributed by atoms with Gasteiger partial charge in [0, 0.05) is 17.5 Å². The molecular weight excluding hydrogens is 302 g/mol. The fourth-order valence-corrected chi connectivity index (χ4v) is 2.72. The second-order valence-corrected chi connectivity index (χ2v) is 5.20. The van der Waals surface area contributed by atoms with Crippen molar-refractivity contribution in [2.45, 2.75) is 13.0 Å². The van der Waals surface area contributed by atoms with Crippen LogP contribution in [0.15, 0.2) is 34.9 Å². The summed E-state index contributed by atoms with van der Waals surface area (Å²) in [5.41, 5.74) is 1.88. The van der Waals surface area contributed by atoms with E-state index in [1.54, 1.807) is 12.1 Å². The van der Waals surface area contributed by atoms with E-state index >= 15 is 0 Å². The quantitative estimate of drug-likeness (QED) is 0.785. The SMILES string of the molecule is O=C(ON1C(=O)c2ccccc2C1=O)c1occ2c1CCOC2. The Labute approximate surface area is 130 Å². The van der Waals surface area contributed by atoms with Gasteiger partial charge in [0.1, 0.15) is 0 Å². The third-order valence-corrected chi connectivity index (χ3v) is 3.85. The molecule has 7 heteroatoms. The number of hydrogen-bond acceptors (Lipinski definition) is 6. The van der Waals surface area contributed by atoms with Gasteiger partial charge in [0.05, 0.1) is 30.6 Å². The Kier molecular flexibility index (Phi) is 3.02. The summed E-state index contributed by atoms with van der Waals surface area (Å²) in [6.45, 7) is 0.832. The molecule has 0 N–H and O–H groups in total. The van der Waals surface area contributed by atoms with E-state index in [-0.39, 0.29) is 16.9 Å². The molecule has 4 rings (SSSR count). The van der Waals surface area contributed by atoms with Gasteiger partial charge < -0.3 is 14.0 Å². The summed E-state index contributed by atoms with van der Waals surface area (Å²) in [5, 5.41) is 0.473. The van der Waals surface area contributed by atoms with Crippen molar-refractivity contribution in [1.82, 2.24) is 5.06 Å². The van der Waals surface area contributed by atoms with Gasteiger partial charge in [0.25, 0.3) is 11.8 Å². The summed E-state index contributed by atoms with van der Waals surface area (Å²) in [6.07, 6.45) is 1.94. The zero-order chi connectivity index (χ0) is 16.0. The van der Waals surface area contributed by atoms with E-state index in [4.69, 9.17) is 14.0 Å². The second-order valence-electron chi connectivity index (χ2n) is 5.20. The second kappa shape index (κ2) is 5.06. The Morgan fingerprint density at radius 1 is 1.13 bits per heavy atom. The van der Waals surface area contributed by atoms with Crippen LogP contribution in [0.1, 0.15) is 42.4 Å². The third-order valence-electron chi connectivity index (χ3n) is 3.85. The topological polar surface area (TPSA) is 86.0 Å². The van der Waals surface area contributed by atoms with Crippen LogP contribution in [0.3, 0.4) is 0 Å². The molecule has 0 unspecified atom stereocenters. The lowest BCUT2D eigenvalue weighted by atomic mass is 10.1. The summed E-state index contributed by atoms with van der Waals surface area (Å²) < 4.78 is 10.5. The monoisotopic (exact) mass is 313 g/mol. The highest BCUT2D eigenvalue weighted by atomic mass is 16.7. The molecule has 2 amide bonds. The summed E-state index contributed by atoms with van der Waals surface area (Å²) in [5.74, 6) is -2.20. The van der Waals surface area contributed by atoms with Crippen molar-refractivity contribution >= 4 is 17.8 Å². The lowest BCUT2D eigenvalue weighted by Gasteiger charge is -2.14. The number of hydroxylamine groups is 2. The molecule has 2 aliphatic heterocycles. The van der Waals surface area contributed by atoms with Crippen LogP contribution in [0.5, 0.6) is 0 Å². The van der Waals surface area contributed by atoms with Crippen LogP contribution < -0.4 is 0 Å². The van der Waals surface area contributed by atoms with E-state index in [9.17, 15) is 14.4 Å². The number of amides is 2. The van der Waals surface area contributed by atoms with Crippen LogP contribution in [0.2, 0.25) is 0 Å². The summed E-state index contributed by atoms with van der Waals surface area (Å²) in [6, 6.07) is 6.29. The minimum atomic E-state index is -0.873. The van der Waals surface area contributed by atoms with Crippen LogP contribution in [-0.4, -0.2) is 29.5 Å². The van der Waals surface area contributed by atoms with Gasteiger partial charge in [-0.25, -0.2) is 4.79 Å². The molecule has 7 nitrogen and oxygen atoms in total.